The largest absolute Gasteiger partial charge is 0.298 e. The summed E-state index contributed by atoms with van der Waals surface area (Å²) in [6, 6.07) is 0. The zero-order chi connectivity index (χ0) is 12.1. The second-order valence-corrected chi connectivity index (χ2v) is 7.00. The van der Waals surface area contributed by atoms with Gasteiger partial charge < -0.3 is 0 Å². The van der Waals surface area contributed by atoms with Crippen molar-refractivity contribution in [3.63, 3.8) is 0 Å². The Kier molecular flexibility index (Phi) is 5.04. The highest BCUT2D eigenvalue weighted by molar-refractivity contribution is 8.00. The van der Waals surface area contributed by atoms with E-state index in [4.69, 9.17) is 0 Å². The molecule has 17 heavy (non-hydrogen) atoms. The van der Waals surface area contributed by atoms with Gasteiger partial charge in [-0.25, -0.2) is 4.98 Å². The van der Waals surface area contributed by atoms with Gasteiger partial charge in [0.2, 0.25) is 0 Å². The number of ketones is 1. The molecule has 1 aromatic heterocycles. The number of hydrogen-bond donors (Lipinski definition) is 0. The van der Waals surface area contributed by atoms with Gasteiger partial charge in [0.05, 0.1) is 22.9 Å². The third-order valence-electron chi connectivity index (χ3n) is 3.08. The van der Waals surface area contributed by atoms with E-state index in [2.05, 4.69) is 4.98 Å². The molecule has 0 saturated heterocycles. The van der Waals surface area contributed by atoms with Crippen molar-refractivity contribution in [3.8, 4) is 0 Å². The molecule has 1 heterocycles. The summed E-state index contributed by atoms with van der Waals surface area (Å²) in [7, 11) is 0. The molecule has 1 aromatic rings. The second kappa shape index (κ2) is 6.55. The molecule has 0 aromatic carbocycles. The van der Waals surface area contributed by atoms with E-state index in [0.717, 1.165) is 16.0 Å². The van der Waals surface area contributed by atoms with Crippen molar-refractivity contribution in [1.82, 2.24) is 4.98 Å². The molecule has 0 spiro atoms. The van der Waals surface area contributed by atoms with E-state index in [9.17, 15) is 4.79 Å². The summed E-state index contributed by atoms with van der Waals surface area (Å²) in [6.07, 6.45) is 7.18. The third kappa shape index (κ3) is 4.43. The number of nitrogens with zero attached hydrogens (tertiary/aromatic N) is 1. The molecule has 1 saturated carbocycles. The number of carbonyl (C=O) groups excluding carboxylic acids is 1. The van der Waals surface area contributed by atoms with Gasteiger partial charge >= 0.3 is 0 Å². The average Bonchev–Trinajstić information content (AvgIpc) is 2.73. The molecule has 2 rings (SSSR count). The lowest BCUT2D eigenvalue weighted by atomic mass is 10.0. The van der Waals surface area contributed by atoms with E-state index in [0.29, 0.717) is 18.0 Å². The molecule has 0 atom stereocenters. The van der Waals surface area contributed by atoms with Crippen LogP contribution in [0.25, 0.3) is 0 Å². The first-order chi connectivity index (χ1) is 8.24. The normalized spacial score (nSPS) is 17.2. The van der Waals surface area contributed by atoms with Gasteiger partial charge in [0.25, 0.3) is 0 Å². The van der Waals surface area contributed by atoms with Crippen LogP contribution in [0.15, 0.2) is 5.38 Å². The van der Waals surface area contributed by atoms with Crippen LogP contribution < -0.4 is 0 Å². The summed E-state index contributed by atoms with van der Waals surface area (Å²) >= 11 is 3.48. The number of rotatable bonds is 5. The lowest BCUT2D eigenvalue weighted by Crippen LogP contribution is -2.13. The smallest absolute Gasteiger partial charge is 0.148 e. The maximum Gasteiger partial charge on any atom is 0.148 e. The molecule has 0 radical (unpaired) electrons. The summed E-state index contributed by atoms with van der Waals surface area (Å²) in [5, 5.41) is 3.77. The van der Waals surface area contributed by atoms with Gasteiger partial charge in [0.1, 0.15) is 5.78 Å². The minimum absolute atomic E-state index is 0.325. The predicted molar refractivity (Wildman–Crippen MR) is 74.9 cm³/mol. The quantitative estimate of drug-likeness (QED) is 0.817. The van der Waals surface area contributed by atoms with Crippen molar-refractivity contribution in [2.24, 2.45) is 0 Å². The number of thioether (sulfide) groups is 1. The monoisotopic (exact) mass is 269 g/mol. The van der Waals surface area contributed by atoms with Crippen LogP contribution in [0.4, 0.5) is 0 Å². The van der Waals surface area contributed by atoms with E-state index in [1.165, 1.54) is 32.1 Å². The lowest BCUT2D eigenvalue weighted by Gasteiger charge is -2.20. The molecule has 0 unspecified atom stereocenters. The SMILES string of the molecule is Cc1nc(CC(=O)CSC2CCCCC2)cs1. The maximum atomic E-state index is 11.8. The number of Topliss-reactive ketones (excluding diaryl/α,β-unsaturated/α-hetero) is 1. The lowest BCUT2D eigenvalue weighted by molar-refractivity contribution is -0.116. The molecular formula is C13H19NOS2. The van der Waals surface area contributed by atoms with Gasteiger partial charge in [0, 0.05) is 10.6 Å². The average molecular weight is 269 g/mol. The van der Waals surface area contributed by atoms with Crippen molar-refractivity contribution >= 4 is 28.9 Å². The molecule has 0 N–H and O–H groups in total. The van der Waals surface area contributed by atoms with Crippen molar-refractivity contribution < 1.29 is 4.79 Å². The van der Waals surface area contributed by atoms with Crippen LogP contribution in [0, 0.1) is 6.92 Å². The van der Waals surface area contributed by atoms with Gasteiger partial charge in [-0.1, -0.05) is 19.3 Å². The Morgan fingerprint density at radius 1 is 1.47 bits per heavy atom. The Morgan fingerprint density at radius 3 is 2.88 bits per heavy atom. The summed E-state index contributed by atoms with van der Waals surface area (Å²) in [4.78, 5) is 16.1. The number of thiazole rings is 1. The van der Waals surface area contributed by atoms with E-state index in [1.807, 2.05) is 24.1 Å². The first-order valence-corrected chi connectivity index (χ1v) is 8.21. The van der Waals surface area contributed by atoms with Crippen LogP contribution in [-0.4, -0.2) is 21.8 Å². The van der Waals surface area contributed by atoms with E-state index in [1.54, 1.807) is 11.3 Å². The van der Waals surface area contributed by atoms with Gasteiger partial charge in [-0.05, 0) is 19.8 Å². The number of hydrogen-bond acceptors (Lipinski definition) is 4. The highest BCUT2D eigenvalue weighted by Crippen LogP contribution is 2.28. The van der Waals surface area contributed by atoms with Crippen molar-refractivity contribution in [2.45, 2.75) is 50.7 Å². The fraction of sp³-hybridized carbons (Fsp3) is 0.692. The van der Waals surface area contributed by atoms with E-state index in [-0.39, 0.29) is 0 Å². The summed E-state index contributed by atoms with van der Waals surface area (Å²) in [6.45, 7) is 1.98. The van der Waals surface area contributed by atoms with Gasteiger partial charge in [-0.3, -0.25) is 4.79 Å². The Bertz CT molecular complexity index is 369. The molecule has 1 fully saturated rings. The first kappa shape index (κ1) is 13.1. The van der Waals surface area contributed by atoms with Crippen molar-refractivity contribution in [1.29, 1.82) is 0 Å². The standard InChI is InChI=1S/C13H19NOS2/c1-10-14-11(8-16-10)7-12(15)9-17-13-5-3-2-4-6-13/h8,13H,2-7,9H2,1H3. The molecule has 2 nitrogen and oxygen atoms in total. The number of aryl methyl sites for hydroxylation is 1. The molecular weight excluding hydrogens is 250 g/mol. The van der Waals surface area contributed by atoms with Gasteiger partial charge in [-0.15, -0.1) is 11.3 Å². The zero-order valence-corrected chi connectivity index (χ0v) is 11.9. The van der Waals surface area contributed by atoms with Crippen LogP contribution in [0.2, 0.25) is 0 Å². The third-order valence-corrected chi connectivity index (χ3v) is 5.33. The molecule has 0 amide bonds. The molecule has 0 bridgehead atoms. The van der Waals surface area contributed by atoms with Crippen molar-refractivity contribution in [3.05, 3.63) is 16.1 Å². The molecule has 4 heteroatoms. The van der Waals surface area contributed by atoms with Crippen molar-refractivity contribution in [2.75, 3.05) is 5.75 Å². The van der Waals surface area contributed by atoms with E-state index >= 15 is 0 Å². The predicted octanol–water partition coefficient (Wildman–Crippen LogP) is 3.63. The van der Waals surface area contributed by atoms with Crippen LogP contribution in [0.1, 0.15) is 42.8 Å². The topological polar surface area (TPSA) is 30.0 Å². The highest BCUT2D eigenvalue weighted by Gasteiger charge is 2.15. The number of aromatic nitrogens is 1. The first-order valence-electron chi connectivity index (χ1n) is 6.28. The van der Waals surface area contributed by atoms with Crippen LogP contribution in [0.3, 0.4) is 0 Å². The van der Waals surface area contributed by atoms with Gasteiger partial charge in [-0.2, -0.15) is 11.8 Å². The summed E-state index contributed by atoms with van der Waals surface area (Å²) < 4.78 is 0. The molecule has 1 aliphatic carbocycles. The zero-order valence-electron chi connectivity index (χ0n) is 10.3. The Morgan fingerprint density at radius 2 is 2.24 bits per heavy atom. The highest BCUT2D eigenvalue weighted by atomic mass is 32.2. The fourth-order valence-corrected chi connectivity index (χ4v) is 3.99. The summed E-state index contributed by atoms with van der Waals surface area (Å²) in [5.41, 5.74) is 0.946. The van der Waals surface area contributed by atoms with Crippen LogP contribution >= 0.6 is 23.1 Å². The Balaban J connectivity index is 1.70. The van der Waals surface area contributed by atoms with Gasteiger partial charge in [0.15, 0.2) is 0 Å². The van der Waals surface area contributed by atoms with Crippen LogP contribution in [-0.2, 0) is 11.2 Å². The summed E-state index contributed by atoms with van der Waals surface area (Å²) in [5.74, 6) is 0.993. The second-order valence-electron chi connectivity index (χ2n) is 4.64. The number of carbonyl (C=O) groups is 1. The molecule has 94 valence electrons. The van der Waals surface area contributed by atoms with E-state index < -0.39 is 0 Å². The minimum atomic E-state index is 0.325. The molecule has 0 aliphatic heterocycles. The molecule has 1 aliphatic rings. The Labute approximate surface area is 111 Å². The van der Waals surface area contributed by atoms with Crippen LogP contribution in [0.5, 0.6) is 0 Å². The fourth-order valence-electron chi connectivity index (χ4n) is 2.19. The maximum absolute atomic E-state index is 11.8. The Hall–Kier alpha value is -0.350. The minimum Gasteiger partial charge on any atom is -0.298 e.